The van der Waals surface area contributed by atoms with E-state index in [-0.39, 0.29) is 0 Å². The molecule has 1 aliphatic carbocycles. The van der Waals surface area contributed by atoms with Crippen molar-refractivity contribution in [1.82, 2.24) is 4.90 Å². The third-order valence-electron chi connectivity index (χ3n) is 4.19. The molecular formula is C18H26N2. The van der Waals surface area contributed by atoms with Crippen LogP contribution >= 0.6 is 0 Å². The Morgan fingerprint density at radius 2 is 2.05 bits per heavy atom. The second-order valence-electron chi connectivity index (χ2n) is 5.74. The maximum Gasteiger partial charge on any atom is 0.0386 e. The summed E-state index contributed by atoms with van der Waals surface area (Å²) < 4.78 is 0. The molecule has 0 heterocycles. The summed E-state index contributed by atoms with van der Waals surface area (Å²) in [7, 11) is 0. The normalized spacial score (nSPS) is 13.4. The van der Waals surface area contributed by atoms with Gasteiger partial charge in [-0.25, -0.2) is 0 Å². The smallest absolute Gasteiger partial charge is 0.0386 e. The van der Waals surface area contributed by atoms with Gasteiger partial charge in [0.25, 0.3) is 0 Å². The fourth-order valence-corrected chi connectivity index (χ4v) is 2.96. The first kappa shape index (κ1) is 14.7. The number of nitrogen functional groups attached to an aromatic ring is 1. The number of hydrogen-bond donors (Lipinski definition) is 1. The molecular weight excluding hydrogens is 244 g/mol. The number of benzene rings is 1. The van der Waals surface area contributed by atoms with Crippen LogP contribution in [0.4, 0.5) is 5.69 Å². The van der Waals surface area contributed by atoms with Crippen LogP contribution in [-0.2, 0) is 12.8 Å². The summed E-state index contributed by atoms with van der Waals surface area (Å²) in [4.78, 5) is 2.34. The summed E-state index contributed by atoms with van der Waals surface area (Å²) in [6.07, 6.45) is 4.23. The molecule has 20 heavy (non-hydrogen) atoms. The van der Waals surface area contributed by atoms with Crippen LogP contribution in [0.1, 0.15) is 43.4 Å². The van der Waals surface area contributed by atoms with E-state index in [2.05, 4.69) is 44.0 Å². The van der Waals surface area contributed by atoms with Crippen molar-refractivity contribution in [2.24, 2.45) is 0 Å². The SMILES string of the molecule is C=C1CCc2c1ccc(CCN(CCC)C(=C)C)c2N. The molecule has 0 saturated heterocycles. The van der Waals surface area contributed by atoms with Crippen LogP contribution in [0.25, 0.3) is 5.57 Å². The van der Waals surface area contributed by atoms with Crippen molar-refractivity contribution in [2.75, 3.05) is 18.8 Å². The fourth-order valence-electron chi connectivity index (χ4n) is 2.96. The molecule has 0 aliphatic heterocycles. The van der Waals surface area contributed by atoms with E-state index in [0.717, 1.165) is 50.2 Å². The van der Waals surface area contributed by atoms with Gasteiger partial charge >= 0.3 is 0 Å². The molecule has 2 rings (SSSR count). The summed E-state index contributed by atoms with van der Waals surface area (Å²) in [5.74, 6) is 0. The minimum atomic E-state index is 0.985. The predicted molar refractivity (Wildman–Crippen MR) is 88.6 cm³/mol. The summed E-state index contributed by atoms with van der Waals surface area (Å²) in [5.41, 5.74) is 13.6. The summed E-state index contributed by atoms with van der Waals surface area (Å²) in [6.45, 7) is 14.5. The average Bonchev–Trinajstić information content (AvgIpc) is 2.79. The number of rotatable bonds is 6. The van der Waals surface area contributed by atoms with Crippen LogP contribution < -0.4 is 5.73 Å². The van der Waals surface area contributed by atoms with E-state index < -0.39 is 0 Å². The van der Waals surface area contributed by atoms with Crippen molar-refractivity contribution in [3.63, 3.8) is 0 Å². The van der Waals surface area contributed by atoms with E-state index in [1.54, 1.807) is 0 Å². The quantitative estimate of drug-likeness (QED) is 0.791. The Morgan fingerprint density at radius 1 is 1.30 bits per heavy atom. The van der Waals surface area contributed by atoms with Crippen molar-refractivity contribution in [1.29, 1.82) is 0 Å². The first-order chi connectivity index (χ1) is 9.54. The monoisotopic (exact) mass is 270 g/mol. The Hall–Kier alpha value is -1.70. The Balaban J connectivity index is 2.11. The highest BCUT2D eigenvalue weighted by Crippen LogP contribution is 2.36. The predicted octanol–water partition coefficient (Wildman–Crippen LogP) is 4.02. The number of allylic oxidation sites excluding steroid dienone is 2. The molecule has 0 saturated carbocycles. The van der Waals surface area contributed by atoms with Crippen molar-refractivity contribution in [3.8, 4) is 0 Å². The third-order valence-corrected chi connectivity index (χ3v) is 4.19. The van der Waals surface area contributed by atoms with Crippen LogP contribution in [0, 0.1) is 0 Å². The number of fused-ring (bicyclic) bond motifs is 1. The van der Waals surface area contributed by atoms with E-state index in [4.69, 9.17) is 5.73 Å². The van der Waals surface area contributed by atoms with Crippen LogP contribution in [0.5, 0.6) is 0 Å². The highest BCUT2D eigenvalue weighted by atomic mass is 15.1. The fraction of sp³-hybridized carbons (Fsp3) is 0.444. The van der Waals surface area contributed by atoms with E-state index in [0.29, 0.717) is 0 Å². The molecule has 0 fully saturated rings. The highest BCUT2D eigenvalue weighted by Gasteiger charge is 2.18. The molecule has 0 aromatic heterocycles. The van der Waals surface area contributed by atoms with Gasteiger partial charge in [-0.05, 0) is 54.9 Å². The van der Waals surface area contributed by atoms with Crippen molar-refractivity contribution >= 4 is 11.3 Å². The number of nitrogens with two attached hydrogens (primary N) is 1. The minimum absolute atomic E-state index is 0.985. The van der Waals surface area contributed by atoms with E-state index in [9.17, 15) is 0 Å². The first-order valence-corrected chi connectivity index (χ1v) is 7.53. The van der Waals surface area contributed by atoms with Gasteiger partial charge in [0.15, 0.2) is 0 Å². The zero-order valence-corrected chi connectivity index (χ0v) is 12.8. The molecule has 0 atom stereocenters. The zero-order chi connectivity index (χ0) is 14.7. The second-order valence-corrected chi connectivity index (χ2v) is 5.74. The maximum atomic E-state index is 6.35. The summed E-state index contributed by atoms with van der Waals surface area (Å²) in [5, 5.41) is 0. The average molecular weight is 270 g/mol. The lowest BCUT2D eigenvalue weighted by Crippen LogP contribution is -2.25. The lowest BCUT2D eigenvalue weighted by atomic mass is 10.00. The maximum absolute atomic E-state index is 6.35. The van der Waals surface area contributed by atoms with Gasteiger partial charge in [-0.15, -0.1) is 0 Å². The van der Waals surface area contributed by atoms with Gasteiger partial charge in [-0.3, -0.25) is 0 Å². The topological polar surface area (TPSA) is 29.3 Å². The first-order valence-electron chi connectivity index (χ1n) is 7.53. The summed E-state index contributed by atoms with van der Waals surface area (Å²) in [6, 6.07) is 4.37. The van der Waals surface area contributed by atoms with Crippen molar-refractivity contribution in [2.45, 2.75) is 39.5 Å². The molecule has 1 aromatic carbocycles. The lowest BCUT2D eigenvalue weighted by Gasteiger charge is -2.24. The number of hydrogen-bond acceptors (Lipinski definition) is 2. The van der Waals surface area contributed by atoms with Gasteiger partial charge < -0.3 is 10.6 Å². The lowest BCUT2D eigenvalue weighted by molar-refractivity contribution is 0.350. The third kappa shape index (κ3) is 2.90. The molecule has 2 N–H and O–H groups in total. The molecule has 2 heteroatoms. The standard InChI is InChI=1S/C18H26N2/c1-5-11-20(13(2)3)12-10-15-7-9-16-14(4)6-8-17(16)18(15)19/h7,9H,2,4-6,8,10-12,19H2,1,3H3. The van der Waals surface area contributed by atoms with Gasteiger partial charge in [0.2, 0.25) is 0 Å². The summed E-state index contributed by atoms with van der Waals surface area (Å²) >= 11 is 0. The van der Waals surface area contributed by atoms with Gasteiger partial charge in [0, 0.05) is 24.5 Å². The molecule has 0 spiro atoms. The van der Waals surface area contributed by atoms with Crippen molar-refractivity contribution < 1.29 is 0 Å². The molecule has 0 bridgehead atoms. The van der Waals surface area contributed by atoms with Gasteiger partial charge in [-0.1, -0.05) is 32.2 Å². The van der Waals surface area contributed by atoms with E-state index in [1.807, 2.05) is 0 Å². The zero-order valence-electron chi connectivity index (χ0n) is 12.8. The Labute approximate surface area is 123 Å². The molecule has 2 nitrogen and oxygen atoms in total. The van der Waals surface area contributed by atoms with Crippen molar-refractivity contribution in [3.05, 3.63) is 47.7 Å². The Bertz CT molecular complexity index is 528. The molecule has 1 aliphatic rings. The Morgan fingerprint density at radius 3 is 2.70 bits per heavy atom. The molecule has 0 unspecified atom stereocenters. The van der Waals surface area contributed by atoms with Crippen LogP contribution in [0.15, 0.2) is 31.0 Å². The van der Waals surface area contributed by atoms with Gasteiger partial charge in [0.1, 0.15) is 0 Å². The minimum Gasteiger partial charge on any atom is -0.398 e. The Kier molecular flexibility index (Phi) is 4.53. The molecule has 108 valence electrons. The number of anilines is 1. The van der Waals surface area contributed by atoms with E-state index >= 15 is 0 Å². The van der Waals surface area contributed by atoms with Gasteiger partial charge in [-0.2, -0.15) is 0 Å². The number of nitrogens with zero attached hydrogens (tertiary/aromatic N) is 1. The second kappa shape index (κ2) is 6.17. The highest BCUT2D eigenvalue weighted by molar-refractivity contribution is 5.77. The molecule has 1 aromatic rings. The largest absolute Gasteiger partial charge is 0.398 e. The molecule has 0 amide bonds. The van der Waals surface area contributed by atoms with Crippen LogP contribution in [0.3, 0.4) is 0 Å². The van der Waals surface area contributed by atoms with Crippen LogP contribution in [-0.4, -0.2) is 18.0 Å². The van der Waals surface area contributed by atoms with Gasteiger partial charge in [0.05, 0.1) is 0 Å². The van der Waals surface area contributed by atoms with E-state index in [1.165, 1.54) is 22.3 Å². The molecule has 0 radical (unpaired) electrons. The van der Waals surface area contributed by atoms with Crippen LogP contribution in [0.2, 0.25) is 0 Å².